The number of carbonyl (C=O) groups is 2. The number of carbonyl (C=O) groups excluding carboxylic acids is 1. The molecular weight excluding hydrogens is 246 g/mol. The molecule has 1 aromatic carbocycles. The molecule has 0 radical (unpaired) electrons. The topological polar surface area (TPSA) is 77.8 Å². The maximum Gasteiger partial charge on any atom is 0.323 e. The van der Waals surface area contributed by atoms with Crippen molar-refractivity contribution in [3.63, 3.8) is 0 Å². The van der Waals surface area contributed by atoms with Gasteiger partial charge in [-0.15, -0.1) is 0 Å². The van der Waals surface area contributed by atoms with Crippen molar-refractivity contribution in [3.05, 3.63) is 29.8 Å². The molecule has 0 aromatic heterocycles. The van der Waals surface area contributed by atoms with Gasteiger partial charge in [-0.1, -0.05) is 19.1 Å². The lowest BCUT2D eigenvalue weighted by atomic mass is 10.1. The zero-order valence-corrected chi connectivity index (χ0v) is 11.2. The molecule has 1 rings (SSSR count). The number of hydrogen-bond acceptors (Lipinski definition) is 3. The quantitative estimate of drug-likeness (QED) is 0.819. The van der Waals surface area contributed by atoms with Crippen LogP contribution in [0.2, 0.25) is 0 Å². The number of phenols is 1. The molecule has 0 aliphatic rings. The average molecular weight is 265 g/mol. The van der Waals surface area contributed by atoms with Gasteiger partial charge in [-0.2, -0.15) is 0 Å². The Balaban J connectivity index is 2.76. The second-order valence-electron chi connectivity index (χ2n) is 4.52. The first-order valence-corrected chi connectivity index (χ1v) is 6.23. The Hall–Kier alpha value is -2.04. The third-order valence-electron chi connectivity index (χ3n) is 3.04. The molecule has 19 heavy (non-hydrogen) atoms. The van der Waals surface area contributed by atoms with E-state index < -0.39 is 5.97 Å². The third kappa shape index (κ3) is 4.62. The van der Waals surface area contributed by atoms with Crippen LogP contribution in [0.1, 0.15) is 25.8 Å². The minimum absolute atomic E-state index is 0.110. The van der Waals surface area contributed by atoms with E-state index in [0.29, 0.717) is 6.42 Å². The summed E-state index contributed by atoms with van der Waals surface area (Å²) in [5, 5.41) is 18.0. The van der Waals surface area contributed by atoms with E-state index in [0.717, 1.165) is 5.56 Å². The van der Waals surface area contributed by atoms with Crippen LogP contribution in [0.4, 0.5) is 0 Å². The molecule has 5 nitrogen and oxygen atoms in total. The predicted molar refractivity (Wildman–Crippen MR) is 70.9 cm³/mol. The van der Waals surface area contributed by atoms with Crippen molar-refractivity contribution in [1.82, 2.24) is 4.90 Å². The normalized spacial score (nSPS) is 11.9. The Morgan fingerprint density at radius 2 is 1.84 bits per heavy atom. The molecule has 1 amide bonds. The number of rotatable bonds is 6. The van der Waals surface area contributed by atoms with Gasteiger partial charge in [0.15, 0.2) is 0 Å². The van der Waals surface area contributed by atoms with Gasteiger partial charge in [-0.05, 0) is 31.0 Å². The SMILES string of the molecule is CCC(C)N(CC(=O)O)C(=O)Cc1ccc(O)cc1. The van der Waals surface area contributed by atoms with Gasteiger partial charge >= 0.3 is 5.97 Å². The summed E-state index contributed by atoms with van der Waals surface area (Å²) in [6.45, 7) is 3.46. The molecule has 0 aliphatic heterocycles. The number of carboxylic acids is 1. The summed E-state index contributed by atoms with van der Waals surface area (Å²) in [6.07, 6.45) is 0.840. The largest absolute Gasteiger partial charge is 0.508 e. The molecule has 0 aliphatic carbocycles. The standard InChI is InChI=1S/C14H19NO4/c1-3-10(2)15(9-14(18)19)13(17)8-11-4-6-12(16)7-5-11/h4-7,10,16H,3,8-9H2,1-2H3,(H,18,19). The van der Waals surface area contributed by atoms with Crippen LogP contribution in [-0.4, -0.2) is 39.6 Å². The summed E-state index contributed by atoms with van der Waals surface area (Å²) in [4.78, 5) is 24.3. The lowest BCUT2D eigenvalue weighted by molar-refractivity contribution is -0.145. The van der Waals surface area contributed by atoms with E-state index in [1.807, 2.05) is 13.8 Å². The number of hydrogen-bond donors (Lipinski definition) is 2. The summed E-state index contributed by atoms with van der Waals surface area (Å²) in [5.74, 6) is -1.10. The molecule has 104 valence electrons. The Labute approximate surface area is 112 Å². The highest BCUT2D eigenvalue weighted by molar-refractivity contribution is 5.83. The molecule has 0 bridgehead atoms. The fourth-order valence-corrected chi connectivity index (χ4v) is 1.75. The summed E-state index contributed by atoms with van der Waals surface area (Å²) in [5.41, 5.74) is 0.751. The van der Waals surface area contributed by atoms with Crippen molar-refractivity contribution in [2.75, 3.05) is 6.54 Å². The smallest absolute Gasteiger partial charge is 0.323 e. The molecule has 2 N–H and O–H groups in total. The van der Waals surface area contributed by atoms with Gasteiger partial charge in [-0.25, -0.2) is 0 Å². The van der Waals surface area contributed by atoms with Gasteiger partial charge in [0.1, 0.15) is 12.3 Å². The van der Waals surface area contributed by atoms with Crippen molar-refractivity contribution >= 4 is 11.9 Å². The van der Waals surface area contributed by atoms with Crippen LogP contribution >= 0.6 is 0 Å². The van der Waals surface area contributed by atoms with Crippen molar-refractivity contribution in [3.8, 4) is 5.75 Å². The second kappa shape index (κ2) is 6.78. The highest BCUT2D eigenvalue weighted by Gasteiger charge is 2.21. The molecular formula is C14H19NO4. The minimum Gasteiger partial charge on any atom is -0.508 e. The fourth-order valence-electron chi connectivity index (χ4n) is 1.75. The van der Waals surface area contributed by atoms with Gasteiger partial charge in [0, 0.05) is 6.04 Å². The number of nitrogens with zero attached hydrogens (tertiary/aromatic N) is 1. The van der Waals surface area contributed by atoms with Crippen LogP contribution in [0.25, 0.3) is 0 Å². The number of phenolic OH excluding ortho intramolecular Hbond substituents is 1. The van der Waals surface area contributed by atoms with Crippen LogP contribution < -0.4 is 0 Å². The van der Waals surface area contributed by atoms with Gasteiger partial charge in [-0.3, -0.25) is 9.59 Å². The van der Waals surface area contributed by atoms with Crippen molar-refractivity contribution < 1.29 is 19.8 Å². The summed E-state index contributed by atoms with van der Waals surface area (Å²) in [6, 6.07) is 6.22. The third-order valence-corrected chi connectivity index (χ3v) is 3.04. The fraction of sp³-hybridized carbons (Fsp3) is 0.429. The molecule has 0 saturated heterocycles. The zero-order chi connectivity index (χ0) is 14.4. The van der Waals surface area contributed by atoms with Crippen molar-refractivity contribution in [2.45, 2.75) is 32.7 Å². The van der Waals surface area contributed by atoms with E-state index in [9.17, 15) is 14.7 Å². The van der Waals surface area contributed by atoms with E-state index >= 15 is 0 Å². The van der Waals surface area contributed by atoms with Crippen molar-refractivity contribution in [1.29, 1.82) is 0 Å². The number of benzene rings is 1. The first-order chi connectivity index (χ1) is 8.93. The monoisotopic (exact) mass is 265 g/mol. The highest BCUT2D eigenvalue weighted by Crippen LogP contribution is 2.12. The first kappa shape index (κ1) is 15.0. The first-order valence-electron chi connectivity index (χ1n) is 6.23. The molecule has 1 unspecified atom stereocenters. The zero-order valence-electron chi connectivity index (χ0n) is 11.2. The molecule has 0 heterocycles. The summed E-state index contributed by atoms with van der Waals surface area (Å²) >= 11 is 0. The van der Waals surface area contributed by atoms with E-state index in [2.05, 4.69) is 0 Å². The summed E-state index contributed by atoms with van der Waals surface area (Å²) < 4.78 is 0. The predicted octanol–water partition coefficient (Wildman–Crippen LogP) is 1.65. The Bertz CT molecular complexity index is 441. The number of aromatic hydroxyl groups is 1. The number of amides is 1. The summed E-state index contributed by atoms with van der Waals surface area (Å²) in [7, 11) is 0. The Morgan fingerprint density at radius 3 is 2.32 bits per heavy atom. The van der Waals surface area contributed by atoms with Crippen LogP contribution in [0, 0.1) is 0 Å². The molecule has 1 aromatic rings. The van der Waals surface area contributed by atoms with E-state index in [4.69, 9.17) is 5.11 Å². The van der Waals surface area contributed by atoms with Gasteiger partial charge < -0.3 is 15.1 Å². The van der Waals surface area contributed by atoms with Crippen LogP contribution in [0.15, 0.2) is 24.3 Å². The molecule has 0 spiro atoms. The minimum atomic E-state index is -1.01. The molecule has 1 atom stereocenters. The number of carboxylic acid groups (broad SMARTS) is 1. The maximum absolute atomic E-state index is 12.1. The van der Waals surface area contributed by atoms with Crippen LogP contribution in [-0.2, 0) is 16.0 Å². The molecule has 0 saturated carbocycles. The van der Waals surface area contributed by atoms with E-state index in [1.54, 1.807) is 12.1 Å². The van der Waals surface area contributed by atoms with Crippen LogP contribution in [0.5, 0.6) is 5.75 Å². The van der Waals surface area contributed by atoms with E-state index in [1.165, 1.54) is 17.0 Å². The lowest BCUT2D eigenvalue weighted by Gasteiger charge is -2.27. The van der Waals surface area contributed by atoms with E-state index in [-0.39, 0.29) is 30.7 Å². The highest BCUT2D eigenvalue weighted by atomic mass is 16.4. The molecule has 0 fully saturated rings. The van der Waals surface area contributed by atoms with Gasteiger partial charge in [0.05, 0.1) is 6.42 Å². The molecule has 5 heteroatoms. The Kier molecular flexibility index (Phi) is 5.36. The van der Waals surface area contributed by atoms with Gasteiger partial charge in [0.2, 0.25) is 5.91 Å². The van der Waals surface area contributed by atoms with Crippen molar-refractivity contribution in [2.24, 2.45) is 0 Å². The Morgan fingerprint density at radius 1 is 1.26 bits per heavy atom. The van der Waals surface area contributed by atoms with Crippen LogP contribution in [0.3, 0.4) is 0 Å². The lowest BCUT2D eigenvalue weighted by Crippen LogP contribution is -2.42. The number of aliphatic carboxylic acids is 1. The average Bonchev–Trinajstić information content (AvgIpc) is 2.37. The van der Waals surface area contributed by atoms with Gasteiger partial charge in [0.25, 0.3) is 0 Å². The second-order valence-corrected chi connectivity index (χ2v) is 4.52. The maximum atomic E-state index is 12.1.